The van der Waals surface area contributed by atoms with Crippen LogP contribution in [0.15, 0.2) is 78.9 Å². The van der Waals surface area contributed by atoms with Gasteiger partial charge < -0.3 is 24.8 Å². The van der Waals surface area contributed by atoms with Crippen LogP contribution in [0.2, 0.25) is 0 Å². The van der Waals surface area contributed by atoms with E-state index in [-0.39, 0.29) is 12.0 Å². The van der Waals surface area contributed by atoms with E-state index in [4.69, 9.17) is 14.2 Å². The van der Waals surface area contributed by atoms with E-state index in [2.05, 4.69) is 5.32 Å². The van der Waals surface area contributed by atoms with E-state index in [0.29, 0.717) is 24.6 Å². The molecule has 6 heteroatoms. The minimum atomic E-state index is -0.418. The highest BCUT2D eigenvalue weighted by molar-refractivity contribution is 5.94. The quantitative estimate of drug-likeness (QED) is 0.634. The zero-order chi connectivity index (χ0) is 20.8. The molecule has 0 aliphatic carbocycles. The van der Waals surface area contributed by atoms with E-state index in [9.17, 15) is 4.79 Å². The lowest BCUT2D eigenvalue weighted by Crippen LogP contribution is -2.89. The number of amides is 1. The van der Waals surface area contributed by atoms with Crippen LogP contribution in [0, 0.1) is 0 Å². The van der Waals surface area contributed by atoms with Gasteiger partial charge in [-0.05, 0) is 24.3 Å². The summed E-state index contributed by atoms with van der Waals surface area (Å²) in [5.74, 6) is 2.08. The van der Waals surface area contributed by atoms with E-state index in [0.717, 1.165) is 17.1 Å². The number of hydrogen-bond donors (Lipinski definition) is 2. The number of para-hydroxylation sites is 2. The number of rotatable bonds is 7. The van der Waals surface area contributed by atoms with E-state index < -0.39 is 6.04 Å². The van der Waals surface area contributed by atoms with Crippen molar-refractivity contribution in [2.75, 3.05) is 25.6 Å². The number of methoxy groups -OCH3 is 1. The number of benzene rings is 3. The van der Waals surface area contributed by atoms with Crippen molar-refractivity contribution >= 4 is 11.6 Å². The number of nitrogens with two attached hydrogens (primary N) is 1. The lowest BCUT2D eigenvalue weighted by atomic mass is 10.1. The number of nitrogens with one attached hydrogen (secondary N) is 1. The standard InChI is InChI=1S/C24H24N2O4/c1-28-19-11-7-10-18(14-19)26-24(27)23(17-8-3-2-4-9-17)25-15-20-16-29-21-12-5-6-13-22(21)30-20/h2-14,20,23,25H,15-16H2,1H3,(H,26,27)/p+1/t20-,23+/m0/s1. The second-order valence-electron chi connectivity index (χ2n) is 7.08. The summed E-state index contributed by atoms with van der Waals surface area (Å²) in [6.07, 6.45) is -0.143. The van der Waals surface area contributed by atoms with Crippen LogP contribution in [-0.2, 0) is 4.79 Å². The zero-order valence-electron chi connectivity index (χ0n) is 16.8. The molecule has 1 amide bonds. The summed E-state index contributed by atoms with van der Waals surface area (Å²) < 4.78 is 17.1. The van der Waals surface area contributed by atoms with E-state index in [1.54, 1.807) is 13.2 Å². The minimum Gasteiger partial charge on any atom is -0.497 e. The molecule has 3 aromatic rings. The predicted octanol–water partition coefficient (Wildman–Crippen LogP) is 2.78. The van der Waals surface area contributed by atoms with Crippen molar-refractivity contribution in [1.82, 2.24) is 0 Å². The van der Waals surface area contributed by atoms with Gasteiger partial charge in [-0.15, -0.1) is 0 Å². The van der Waals surface area contributed by atoms with Gasteiger partial charge in [-0.3, -0.25) is 4.79 Å². The van der Waals surface area contributed by atoms with E-state index in [1.807, 2.05) is 78.1 Å². The van der Waals surface area contributed by atoms with Gasteiger partial charge in [-0.1, -0.05) is 48.5 Å². The first kappa shape index (κ1) is 19.8. The molecule has 0 aromatic heterocycles. The average Bonchev–Trinajstić information content (AvgIpc) is 2.80. The molecule has 0 bridgehead atoms. The Kier molecular flexibility index (Phi) is 6.15. The first-order valence-corrected chi connectivity index (χ1v) is 9.94. The smallest absolute Gasteiger partial charge is 0.287 e. The van der Waals surface area contributed by atoms with Crippen LogP contribution in [0.5, 0.6) is 17.2 Å². The van der Waals surface area contributed by atoms with Crippen LogP contribution < -0.4 is 24.8 Å². The molecule has 1 heterocycles. The van der Waals surface area contributed by atoms with Gasteiger partial charge in [0.05, 0.1) is 7.11 Å². The summed E-state index contributed by atoms with van der Waals surface area (Å²) in [5.41, 5.74) is 1.62. The molecule has 30 heavy (non-hydrogen) atoms. The number of ether oxygens (including phenoxy) is 3. The Morgan fingerprint density at radius 1 is 1.07 bits per heavy atom. The molecule has 2 atom stereocenters. The van der Waals surface area contributed by atoms with Crippen LogP contribution in [0.4, 0.5) is 5.69 Å². The summed E-state index contributed by atoms with van der Waals surface area (Å²) in [5, 5.41) is 4.99. The zero-order valence-corrected chi connectivity index (χ0v) is 16.8. The molecule has 1 aliphatic rings. The third kappa shape index (κ3) is 4.72. The van der Waals surface area contributed by atoms with Crippen LogP contribution in [0.25, 0.3) is 0 Å². The largest absolute Gasteiger partial charge is 0.497 e. The van der Waals surface area contributed by atoms with E-state index in [1.165, 1.54) is 0 Å². The highest BCUT2D eigenvalue weighted by Gasteiger charge is 2.28. The Bertz CT molecular complexity index is 993. The molecule has 0 saturated heterocycles. The highest BCUT2D eigenvalue weighted by Crippen LogP contribution is 2.30. The second kappa shape index (κ2) is 9.33. The molecule has 0 fully saturated rings. The van der Waals surface area contributed by atoms with Gasteiger partial charge in [0.25, 0.3) is 5.91 Å². The lowest BCUT2D eigenvalue weighted by molar-refractivity contribution is -0.687. The fraction of sp³-hybridized carbons (Fsp3) is 0.208. The van der Waals surface area contributed by atoms with Gasteiger partial charge in [-0.25, -0.2) is 0 Å². The van der Waals surface area contributed by atoms with Crippen molar-refractivity contribution in [1.29, 1.82) is 0 Å². The normalized spacial score (nSPS) is 15.8. The van der Waals surface area contributed by atoms with Gasteiger partial charge in [-0.2, -0.15) is 0 Å². The van der Waals surface area contributed by atoms with Crippen LogP contribution in [0.1, 0.15) is 11.6 Å². The van der Waals surface area contributed by atoms with Crippen LogP contribution in [0.3, 0.4) is 0 Å². The SMILES string of the molecule is COc1cccc(NC(=O)[C@H]([NH2+]C[C@H]2COc3ccccc3O2)c2ccccc2)c1. The molecule has 4 rings (SSSR count). The summed E-state index contributed by atoms with van der Waals surface area (Å²) in [7, 11) is 1.60. The summed E-state index contributed by atoms with van der Waals surface area (Å²) >= 11 is 0. The monoisotopic (exact) mass is 405 g/mol. The molecule has 0 spiro atoms. The van der Waals surface area contributed by atoms with Gasteiger partial charge in [0, 0.05) is 17.3 Å². The number of fused-ring (bicyclic) bond motifs is 1. The van der Waals surface area contributed by atoms with Crippen molar-refractivity contribution < 1.29 is 24.3 Å². The number of carbonyl (C=O) groups is 1. The number of quaternary nitrogens is 1. The molecule has 3 aromatic carbocycles. The maximum absolute atomic E-state index is 13.1. The van der Waals surface area contributed by atoms with Gasteiger partial charge in [0.15, 0.2) is 23.6 Å². The maximum atomic E-state index is 13.1. The first-order chi connectivity index (χ1) is 14.7. The maximum Gasteiger partial charge on any atom is 0.287 e. The van der Waals surface area contributed by atoms with Gasteiger partial charge in [0.2, 0.25) is 0 Å². The molecular weight excluding hydrogens is 380 g/mol. The topological polar surface area (TPSA) is 73.4 Å². The Balaban J connectivity index is 1.46. The summed E-state index contributed by atoms with van der Waals surface area (Å²) in [6, 6.07) is 24.3. The van der Waals surface area contributed by atoms with Crippen molar-refractivity contribution in [3.05, 3.63) is 84.4 Å². The Morgan fingerprint density at radius 3 is 2.63 bits per heavy atom. The molecular formula is C24H25N2O4+. The summed E-state index contributed by atoms with van der Waals surface area (Å²) in [6.45, 7) is 1.03. The molecule has 0 unspecified atom stereocenters. The first-order valence-electron chi connectivity index (χ1n) is 9.94. The summed E-state index contributed by atoms with van der Waals surface area (Å²) in [4.78, 5) is 13.1. The Labute approximate surface area is 175 Å². The Hall–Kier alpha value is -3.51. The van der Waals surface area contributed by atoms with Crippen molar-refractivity contribution in [3.8, 4) is 17.2 Å². The lowest BCUT2D eigenvalue weighted by Gasteiger charge is -2.26. The van der Waals surface area contributed by atoms with Crippen LogP contribution in [-0.4, -0.2) is 32.3 Å². The van der Waals surface area contributed by atoms with Gasteiger partial charge >= 0.3 is 0 Å². The fourth-order valence-corrected chi connectivity index (χ4v) is 3.44. The molecule has 0 radical (unpaired) electrons. The third-order valence-corrected chi connectivity index (χ3v) is 4.98. The Morgan fingerprint density at radius 2 is 1.83 bits per heavy atom. The third-order valence-electron chi connectivity index (χ3n) is 4.98. The molecule has 6 nitrogen and oxygen atoms in total. The highest BCUT2D eigenvalue weighted by atomic mass is 16.6. The average molecular weight is 405 g/mol. The molecule has 0 saturated carbocycles. The molecule has 1 aliphatic heterocycles. The number of carbonyl (C=O) groups excluding carboxylic acids is 1. The molecule has 3 N–H and O–H groups in total. The minimum absolute atomic E-state index is 0.105. The number of anilines is 1. The second-order valence-corrected chi connectivity index (χ2v) is 7.08. The van der Waals surface area contributed by atoms with Crippen molar-refractivity contribution in [3.63, 3.8) is 0 Å². The van der Waals surface area contributed by atoms with E-state index >= 15 is 0 Å². The predicted molar refractivity (Wildman–Crippen MR) is 114 cm³/mol. The fourth-order valence-electron chi connectivity index (χ4n) is 3.44. The number of hydrogen-bond acceptors (Lipinski definition) is 4. The van der Waals surface area contributed by atoms with Gasteiger partial charge in [0.1, 0.15) is 18.9 Å². The van der Waals surface area contributed by atoms with Crippen molar-refractivity contribution in [2.45, 2.75) is 12.1 Å². The van der Waals surface area contributed by atoms with Crippen molar-refractivity contribution in [2.24, 2.45) is 0 Å². The molecule has 154 valence electrons. The van der Waals surface area contributed by atoms with Crippen LogP contribution >= 0.6 is 0 Å².